The average molecular weight is 278 g/mol. The molecule has 2 aromatic rings. The lowest BCUT2D eigenvalue weighted by atomic mass is 9.86. The van der Waals surface area contributed by atoms with Crippen LogP contribution in [0.1, 0.15) is 37.7 Å². The fourth-order valence-electron chi connectivity index (χ4n) is 2.16. The molecule has 0 aliphatic rings. The summed E-state index contributed by atoms with van der Waals surface area (Å²) in [7, 11) is 0. The molecule has 0 aliphatic heterocycles. The van der Waals surface area contributed by atoms with Gasteiger partial charge >= 0.3 is 5.97 Å². The van der Waals surface area contributed by atoms with Gasteiger partial charge in [-0.1, -0.05) is 13.8 Å². The summed E-state index contributed by atoms with van der Waals surface area (Å²) in [4.78, 5) is 10.8. The molecule has 0 aliphatic carbocycles. The number of nitrogens with zero attached hydrogens (tertiary/aromatic N) is 2. The number of carboxylic acids is 1. The summed E-state index contributed by atoms with van der Waals surface area (Å²) < 4.78 is 11.0. The predicted octanol–water partition coefficient (Wildman–Crippen LogP) is 2.99. The van der Waals surface area contributed by atoms with E-state index in [2.05, 4.69) is 10.2 Å². The van der Waals surface area contributed by atoms with E-state index in [-0.39, 0.29) is 6.42 Å². The number of furan rings is 1. The fraction of sp³-hybridized carbons (Fsp3) is 0.500. The van der Waals surface area contributed by atoms with E-state index in [1.807, 2.05) is 33.8 Å². The van der Waals surface area contributed by atoms with Crippen LogP contribution in [-0.4, -0.2) is 21.3 Å². The normalized spacial score (nSPS) is 11.8. The Morgan fingerprint density at radius 1 is 1.30 bits per heavy atom. The first-order chi connectivity index (χ1) is 9.27. The molecule has 0 unspecified atom stereocenters. The molecule has 0 radical (unpaired) electrons. The van der Waals surface area contributed by atoms with E-state index in [0.29, 0.717) is 18.2 Å². The van der Waals surface area contributed by atoms with Crippen LogP contribution in [0, 0.1) is 19.3 Å². The van der Waals surface area contributed by atoms with E-state index in [9.17, 15) is 4.79 Å². The second-order valence-corrected chi connectivity index (χ2v) is 5.74. The van der Waals surface area contributed by atoms with Gasteiger partial charge in [-0.15, -0.1) is 10.2 Å². The summed E-state index contributed by atoms with van der Waals surface area (Å²) in [5, 5.41) is 16.9. The standard InChI is InChI=1S/C14H18N2O4/c1-8-5-10(9(2)19-8)13-16-15-11(20-13)6-14(3,4)7-12(17)18/h5H,6-7H2,1-4H3,(H,17,18). The lowest BCUT2D eigenvalue weighted by Gasteiger charge is -2.19. The summed E-state index contributed by atoms with van der Waals surface area (Å²) in [6, 6.07) is 1.84. The van der Waals surface area contributed by atoms with Gasteiger partial charge in [-0.25, -0.2) is 0 Å². The molecule has 2 rings (SSSR count). The largest absolute Gasteiger partial charge is 0.481 e. The molecule has 0 amide bonds. The van der Waals surface area contributed by atoms with Gasteiger partial charge in [-0.05, 0) is 25.3 Å². The van der Waals surface area contributed by atoms with Gasteiger partial charge in [0.2, 0.25) is 5.89 Å². The number of aryl methyl sites for hydroxylation is 2. The molecule has 2 aromatic heterocycles. The minimum Gasteiger partial charge on any atom is -0.481 e. The second-order valence-electron chi connectivity index (χ2n) is 5.74. The van der Waals surface area contributed by atoms with Crippen LogP contribution in [-0.2, 0) is 11.2 Å². The van der Waals surface area contributed by atoms with Crippen LogP contribution in [0.5, 0.6) is 0 Å². The third-order valence-electron chi connectivity index (χ3n) is 3.00. The first kappa shape index (κ1) is 14.3. The molecule has 6 heteroatoms. The molecule has 0 atom stereocenters. The molecule has 1 N–H and O–H groups in total. The SMILES string of the molecule is Cc1cc(-c2nnc(CC(C)(C)CC(=O)O)o2)c(C)o1. The predicted molar refractivity (Wildman–Crippen MR) is 71.2 cm³/mol. The highest BCUT2D eigenvalue weighted by molar-refractivity contribution is 5.67. The number of hydrogen-bond acceptors (Lipinski definition) is 5. The Balaban J connectivity index is 2.17. The fourth-order valence-corrected chi connectivity index (χ4v) is 2.16. The van der Waals surface area contributed by atoms with Crippen molar-refractivity contribution in [2.75, 3.05) is 0 Å². The number of hydrogen-bond donors (Lipinski definition) is 1. The quantitative estimate of drug-likeness (QED) is 0.904. The summed E-state index contributed by atoms with van der Waals surface area (Å²) in [5.74, 6) is 1.51. The van der Waals surface area contributed by atoms with Gasteiger partial charge in [-0.2, -0.15) is 0 Å². The molecule has 20 heavy (non-hydrogen) atoms. The van der Waals surface area contributed by atoms with E-state index in [0.717, 1.165) is 17.1 Å². The molecule has 0 aromatic carbocycles. The molecule has 0 spiro atoms. The Hall–Kier alpha value is -2.11. The van der Waals surface area contributed by atoms with Crippen LogP contribution in [0.4, 0.5) is 0 Å². The third-order valence-corrected chi connectivity index (χ3v) is 3.00. The van der Waals surface area contributed by atoms with E-state index in [4.69, 9.17) is 13.9 Å². The summed E-state index contributed by atoms with van der Waals surface area (Å²) in [6.07, 6.45) is 0.469. The van der Waals surface area contributed by atoms with Crippen molar-refractivity contribution < 1.29 is 18.7 Å². The Labute approximate surface area is 116 Å². The topological polar surface area (TPSA) is 89.4 Å². The number of aromatic nitrogens is 2. The van der Waals surface area contributed by atoms with Gasteiger partial charge in [0.05, 0.1) is 12.0 Å². The summed E-state index contributed by atoms with van der Waals surface area (Å²) in [6.45, 7) is 7.40. The van der Waals surface area contributed by atoms with Crippen molar-refractivity contribution in [3.8, 4) is 11.5 Å². The van der Waals surface area contributed by atoms with Gasteiger partial charge in [0, 0.05) is 6.42 Å². The van der Waals surface area contributed by atoms with Gasteiger partial charge < -0.3 is 13.9 Å². The van der Waals surface area contributed by atoms with Gasteiger partial charge in [0.1, 0.15) is 11.5 Å². The average Bonchev–Trinajstić information content (AvgIpc) is 2.82. The highest BCUT2D eigenvalue weighted by Crippen LogP contribution is 2.29. The van der Waals surface area contributed by atoms with Gasteiger partial charge in [0.15, 0.2) is 0 Å². The van der Waals surface area contributed by atoms with Crippen molar-refractivity contribution in [1.82, 2.24) is 10.2 Å². The van der Waals surface area contributed by atoms with E-state index < -0.39 is 11.4 Å². The smallest absolute Gasteiger partial charge is 0.303 e. The Bertz CT molecular complexity index is 625. The molecular weight excluding hydrogens is 260 g/mol. The Morgan fingerprint density at radius 3 is 2.55 bits per heavy atom. The lowest BCUT2D eigenvalue weighted by Crippen LogP contribution is -2.19. The summed E-state index contributed by atoms with van der Waals surface area (Å²) >= 11 is 0. The van der Waals surface area contributed by atoms with Crippen molar-refractivity contribution in [2.45, 2.75) is 40.5 Å². The highest BCUT2D eigenvalue weighted by Gasteiger charge is 2.25. The first-order valence-electron chi connectivity index (χ1n) is 6.38. The van der Waals surface area contributed by atoms with Crippen LogP contribution in [0.15, 0.2) is 14.9 Å². The summed E-state index contributed by atoms with van der Waals surface area (Å²) in [5.41, 5.74) is 0.342. The molecule has 0 fully saturated rings. The zero-order valence-electron chi connectivity index (χ0n) is 12.1. The molecule has 0 saturated heterocycles. The van der Waals surface area contributed by atoms with E-state index in [1.165, 1.54) is 0 Å². The second kappa shape index (κ2) is 5.11. The molecule has 2 heterocycles. The maximum absolute atomic E-state index is 10.8. The van der Waals surface area contributed by atoms with Crippen LogP contribution in [0.3, 0.4) is 0 Å². The van der Waals surface area contributed by atoms with Gasteiger partial charge in [-0.3, -0.25) is 4.79 Å². The third kappa shape index (κ3) is 3.26. The maximum Gasteiger partial charge on any atom is 0.303 e. The number of rotatable bonds is 5. The Kier molecular flexibility index (Phi) is 3.65. The van der Waals surface area contributed by atoms with Crippen molar-refractivity contribution >= 4 is 5.97 Å². The van der Waals surface area contributed by atoms with Crippen molar-refractivity contribution in [2.24, 2.45) is 5.41 Å². The molecular formula is C14H18N2O4. The van der Waals surface area contributed by atoms with E-state index >= 15 is 0 Å². The van der Waals surface area contributed by atoms with Crippen LogP contribution >= 0.6 is 0 Å². The first-order valence-corrected chi connectivity index (χ1v) is 6.38. The van der Waals surface area contributed by atoms with Crippen molar-refractivity contribution in [1.29, 1.82) is 0 Å². The van der Waals surface area contributed by atoms with Gasteiger partial charge in [0.25, 0.3) is 5.89 Å². The molecule has 6 nitrogen and oxygen atoms in total. The van der Waals surface area contributed by atoms with Crippen LogP contribution in [0.2, 0.25) is 0 Å². The van der Waals surface area contributed by atoms with Crippen molar-refractivity contribution in [3.63, 3.8) is 0 Å². The zero-order valence-corrected chi connectivity index (χ0v) is 12.1. The minimum atomic E-state index is -0.837. The molecule has 108 valence electrons. The van der Waals surface area contributed by atoms with Crippen LogP contribution < -0.4 is 0 Å². The zero-order chi connectivity index (χ0) is 14.9. The maximum atomic E-state index is 10.8. The number of carbonyl (C=O) groups is 1. The number of aliphatic carboxylic acids is 1. The van der Waals surface area contributed by atoms with Crippen molar-refractivity contribution in [3.05, 3.63) is 23.5 Å². The molecule has 0 bridgehead atoms. The monoisotopic (exact) mass is 278 g/mol. The Morgan fingerprint density at radius 2 is 2.00 bits per heavy atom. The minimum absolute atomic E-state index is 0.0502. The van der Waals surface area contributed by atoms with E-state index in [1.54, 1.807) is 0 Å². The lowest BCUT2D eigenvalue weighted by molar-refractivity contribution is -0.139. The van der Waals surface area contributed by atoms with Crippen LogP contribution in [0.25, 0.3) is 11.5 Å². The number of carboxylic acid groups (broad SMARTS) is 1. The molecule has 0 saturated carbocycles. The highest BCUT2D eigenvalue weighted by atomic mass is 16.4.